The highest BCUT2D eigenvalue weighted by Crippen LogP contribution is 2.12. The first kappa shape index (κ1) is 8.31. The van der Waals surface area contributed by atoms with Crippen molar-refractivity contribution in [1.82, 2.24) is 0 Å². The van der Waals surface area contributed by atoms with E-state index in [4.69, 9.17) is 5.14 Å². The van der Waals surface area contributed by atoms with Crippen LogP contribution in [0.2, 0.25) is 0 Å². The summed E-state index contributed by atoms with van der Waals surface area (Å²) in [6.07, 6.45) is 3.72. The van der Waals surface area contributed by atoms with E-state index < -0.39 is 0 Å². The molecular weight excluding hydrogens is 118 g/mol. The third-order valence-corrected chi connectivity index (χ3v) is 2.21. The molecule has 0 aliphatic heterocycles. The fourth-order valence-electron chi connectivity index (χ4n) is 0.690. The summed E-state index contributed by atoms with van der Waals surface area (Å²) in [4.78, 5) is 0. The molecule has 1 unspecified atom stereocenters. The molecule has 0 spiro atoms. The van der Waals surface area contributed by atoms with Gasteiger partial charge in [-0.05, 0) is 12.8 Å². The van der Waals surface area contributed by atoms with Crippen molar-refractivity contribution in [2.24, 2.45) is 5.14 Å². The van der Waals surface area contributed by atoms with Gasteiger partial charge in [0.1, 0.15) is 0 Å². The van der Waals surface area contributed by atoms with E-state index in [0.29, 0.717) is 5.25 Å². The number of hydrogen-bond donors (Lipinski definition) is 1. The Morgan fingerprint density at radius 2 is 2.12 bits per heavy atom. The molecule has 8 heavy (non-hydrogen) atoms. The highest BCUT2D eigenvalue weighted by molar-refractivity contribution is 7.97. The highest BCUT2D eigenvalue weighted by atomic mass is 32.2. The fraction of sp³-hybridized carbons (Fsp3) is 1.00. The molecule has 0 bridgehead atoms. The van der Waals surface area contributed by atoms with Gasteiger partial charge >= 0.3 is 0 Å². The van der Waals surface area contributed by atoms with Crippen LogP contribution in [0.3, 0.4) is 0 Å². The van der Waals surface area contributed by atoms with E-state index >= 15 is 0 Å². The van der Waals surface area contributed by atoms with Crippen molar-refractivity contribution in [3.63, 3.8) is 0 Å². The second-order valence-corrected chi connectivity index (χ2v) is 2.89. The van der Waals surface area contributed by atoms with E-state index in [1.54, 1.807) is 0 Å². The van der Waals surface area contributed by atoms with E-state index in [2.05, 4.69) is 13.8 Å². The van der Waals surface area contributed by atoms with Gasteiger partial charge in [-0.15, -0.1) is 0 Å². The molecule has 2 N–H and O–H groups in total. The molecule has 0 aromatic heterocycles. The van der Waals surface area contributed by atoms with Crippen LogP contribution in [0, 0.1) is 0 Å². The van der Waals surface area contributed by atoms with Crippen LogP contribution in [0.4, 0.5) is 0 Å². The number of rotatable bonds is 4. The minimum Gasteiger partial charge on any atom is -0.278 e. The first-order chi connectivity index (χ1) is 3.85. The Balaban J connectivity index is 3.07. The van der Waals surface area contributed by atoms with Crippen LogP contribution in [0.15, 0.2) is 0 Å². The zero-order valence-electron chi connectivity index (χ0n) is 5.68. The van der Waals surface area contributed by atoms with Crippen molar-refractivity contribution in [2.75, 3.05) is 0 Å². The van der Waals surface area contributed by atoms with Crippen LogP contribution < -0.4 is 5.14 Å². The summed E-state index contributed by atoms with van der Waals surface area (Å²) in [6, 6.07) is 0. The summed E-state index contributed by atoms with van der Waals surface area (Å²) in [5, 5.41) is 6.08. The Morgan fingerprint density at radius 3 is 2.25 bits per heavy atom. The van der Waals surface area contributed by atoms with Gasteiger partial charge in [-0.3, -0.25) is 5.14 Å². The molecule has 0 fully saturated rings. The van der Waals surface area contributed by atoms with Crippen molar-refractivity contribution < 1.29 is 0 Å². The molecule has 0 saturated heterocycles. The van der Waals surface area contributed by atoms with Crippen LogP contribution in [0.1, 0.15) is 33.1 Å². The van der Waals surface area contributed by atoms with E-state index in [-0.39, 0.29) is 0 Å². The Morgan fingerprint density at radius 1 is 1.50 bits per heavy atom. The summed E-state index contributed by atoms with van der Waals surface area (Å²) in [6.45, 7) is 4.37. The van der Waals surface area contributed by atoms with Gasteiger partial charge in [0.05, 0.1) is 0 Å². The maximum absolute atomic E-state index is 5.39. The molecule has 0 radical (unpaired) electrons. The second-order valence-electron chi connectivity index (χ2n) is 1.96. The molecule has 0 heterocycles. The molecule has 0 aliphatic rings. The van der Waals surface area contributed by atoms with E-state index in [0.717, 1.165) is 0 Å². The van der Waals surface area contributed by atoms with Crippen molar-refractivity contribution in [2.45, 2.75) is 38.4 Å². The fourth-order valence-corrected chi connectivity index (χ4v) is 1.25. The summed E-state index contributed by atoms with van der Waals surface area (Å²) in [5.74, 6) is 0. The van der Waals surface area contributed by atoms with E-state index in [9.17, 15) is 0 Å². The lowest BCUT2D eigenvalue weighted by atomic mass is 10.2. The maximum Gasteiger partial charge on any atom is 0.0188 e. The molecule has 1 nitrogen and oxygen atoms in total. The standard InChI is InChI=1S/C6H15NS/c1-3-5-6(4-2)8-7/h6H,3-5,7H2,1-2H3. The lowest BCUT2D eigenvalue weighted by Gasteiger charge is -2.07. The second kappa shape index (κ2) is 5.45. The zero-order chi connectivity index (χ0) is 6.41. The predicted molar refractivity (Wildman–Crippen MR) is 40.8 cm³/mol. The Labute approximate surface area is 56.2 Å². The van der Waals surface area contributed by atoms with Crippen molar-refractivity contribution in [3.8, 4) is 0 Å². The third kappa shape index (κ3) is 3.33. The Bertz CT molecular complexity index is 43.8. The first-order valence-corrected chi connectivity index (χ1v) is 4.14. The normalized spacial score (nSPS) is 13.9. The predicted octanol–water partition coefficient (Wildman–Crippen LogP) is 2.17. The summed E-state index contributed by atoms with van der Waals surface area (Å²) in [7, 11) is 0. The van der Waals surface area contributed by atoms with Crippen LogP contribution in [-0.2, 0) is 0 Å². The van der Waals surface area contributed by atoms with Crippen LogP contribution >= 0.6 is 11.9 Å². The zero-order valence-corrected chi connectivity index (χ0v) is 6.50. The molecule has 0 amide bonds. The van der Waals surface area contributed by atoms with Gasteiger partial charge in [0.2, 0.25) is 0 Å². The molecule has 0 aromatic carbocycles. The van der Waals surface area contributed by atoms with Gasteiger partial charge in [-0.25, -0.2) is 0 Å². The van der Waals surface area contributed by atoms with Crippen LogP contribution in [0.5, 0.6) is 0 Å². The molecule has 0 aromatic rings. The lowest BCUT2D eigenvalue weighted by Crippen LogP contribution is -2.02. The van der Waals surface area contributed by atoms with Gasteiger partial charge in [0.25, 0.3) is 0 Å². The molecule has 1 atom stereocenters. The molecule has 50 valence electrons. The summed E-state index contributed by atoms with van der Waals surface area (Å²) in [5.41, 5.74) is 0. The quantitative estimate of drug-likeness (QED) is 0.595. The monoisotopic (exact) mass is 133 g/mol. The minimum absolute atomic E-state index is 0.694. The van der Waals surface area contributed by atoms with Gasteiger partial charge in [0, 0.05) is 5.25 Å². The van der Waals surface area contributed by atoms with Crippen molar-refractivity contribution in [3.05, 3.63) is 0 Å². The number of nitrogens with two attached hydrogens (primary N) is 1. The topological polar surface area (TPSA) is 26.0 Å². The van der Waals surface area contributed by atoms with Crippen molar-refractivity contribution in [1.29, 1.82) is 0 Å². The first-order valence-electron chi connectivity index (χ1n) is 3.20. The molecular formula is C6H15NS. The van der Waals surface area contributed by atoms with Crippen LogP contribution in [0.25, 0.3) is 0 Å². The number of hydrogen-bond acceptors (Lipinski definition) is 2. The van der Waals surface area contributed by atoms with Crippen LogP contribution in [-0.4, -0.2) is 5.25 Å². The Hall–Kier alpha value is 0.310. The van der Waals surface area contributed by atoms with E-state index in [1.807, 2.05) is 0 Å². The minimum atomic E-state index is 0.694. The largest absolute Gasteiger partial charge is 0.278 e. The van der Waals surface area contributed by atoms with Gasteiger partial charge in [0.15, 0.2) is 0 Å². The molecule has 0 aliphatic carbocycles. The average molecular weight is 133 g/mol. The smallest absolute Gasteiger partial charge is 0.0188 e. The summed E-state index contributed by atoms with van der Waals surface area (Å²) < 4.78 is 0. The highest BCUT2D eigenvalue weighted by Gasteiger charge is 2.00. The lowest BCUT2D eigenvalue weighted by molar-refractivity contribution is 0.720. The molecule has 2 heteroatoms. The van der Waals surface area contributed by atoms with Gasteiger partial charge in [-0.2, -0.15) is 0 Å². The average Bonchev–Trinajstić information content (AvgIpc) is 1.83. The molecule has 0 saturated carbocycles. The van der Waals surface area contributed by atoms with Gasteiger partial charge < -0.3 is 0 Å². The SMILES string of the molecule is CCCC(CC)SN. The van der Waals surface area contributed by atoms with Crippen molar-refractivity contribution >= 4 is 11.9 Å². The summed E-state index contributed by atoms with van der Waals surface area (Å²) >= 11 is 1.49. The third-order valence-electron chi connectivity index (χ3n) is 1.26. The maximum atomic E-state index is 5.39. The Kier molecular flexibility index (Phi) is 5.66. The van der Waals surface area contributed by atoms with Gasteiger partial charge in [-0.1, -0.05) is 32.2 Å². The molecule has 0 rings (SSSR count). The van der Waals surface area contributed by atoms with E-state index in [1.165, 1.54) is 31.2 Å².